The maximum atomic E-state index is 12.4. The SMILES string of the molecule is CC(C)n1ccnc(N2CCC(OCCO)CC2)c1=O. The first-order valence-corrected chi connectivity index (χ1v) is 7.18. The molecule has 6 nitrogen and oxygen atoms in total. The zero-order valence-electron chi connectivity index (χ0n) is 12.2. The molecule has 0 atom stereocenters. The van der Waals surface area contributed by atoms with Crippen LogP contribution in [0.2, 0.25) is 0 Å². The number of aromatic nitrogens is 2. The molecule has 0 unspecified atom stereocenters. The summed E-state index contributed by atoms with van der Waals surface area (Å²) < 4.78 is 7.23. The van der Waals surface area contributed by atoms with Crippen LogP contribution in [0.1, 0.15) is 32.7 Å². The van der Waals surface area contributed by atoms with Gasteiger partial charge in [0.05, 0.1) is 19.3 Å². The van der Waals surface area contributed by atoms with Gasteiger partial charge in [-0.15, -0.1) is 0 Å². The predicted octanol–water partition coefficient (Wildman–Crippen LogP) is 0.802. The van der Waals surface area contributed by atoms with Crippen molar-refractivity contribution >= 4 is 5.82 Å². The lowest BCUT2D eigenvalue weighted by molar-refractivity contribution is 0.0158. The molecule has 20 heavy (non-hydrogen) atoms. The molecule has 1 fully saturated rings. The van der Waals surface area contributed by atoms with Gasteiger partial charge in [-0.25, -0.2) is 4.98 Å². The first kappa shape index (κ1) is 15.0. The Balaban J connectivity index is 2.04. The highest BCUT2D eigenvalue weighted by atomic mass is 16.5. The summed E-state index contributed by atoms with van der Waals surface area (Å²) in [4.78, 5) is 18.6. The third-order valence-corrected chi connectivity index (χ3v) is 3.59. The van der Waals surface area contributed by atoms with Gasteiger partial charge in [-0.05, 0) is 26.7 Å². The van der Waals surface area contributed by atoms with Gasteiger partial charge in [0.25, 0.3) is 5.56 Å². The Bertz CT molecular complexity index is 479. The van der Waals surface area contributed by atoms with Crippen molar-refractivity contribution < 1.29 is 9.84 Å². The second-order valence-corrected chi connectivity index (χ2v) is 5.34. The molecule has 1 aliphatic heterocycles. The largest absolute Gasteiger partial charge is 0.394 e. The average molecular weight is 281 g/mol. The highest BCUT2D eigenvalue weighted by Crippen LogP contribution is 2.17. The summed E-state index contributed by atoms with van der Waals surface area (Å²) in [6.07, 6.45) is 5.31. The molecule has 2 rings (SSSR count). The lowest BCUT2D eigenvalue weighted by Crippen LogP contribution is -2.41. The second kappa shape index (κ2) is 6.85. The van der Waals surface area contributed by atoms with E-state index in [4.69, 9.17) is 9.84 Å². The van der Waals surface area contributed by atoms with E-state index in [0.29, 0.717) is 12.4 Å². The zero-order chi connectivity index (χ0) is 14.5. The van der Waals surface area contributed by atoms with Crippen LogP contribution in [0.3, 0.4) is 0 Å². The molecule has 0 aromatic carbocycles. The van der Waals surface area contributed by atoms with E-state index in [1.54, 1.807) is 17.0 Å². The van der Waals surface area contributed by atoms with Gasteiger partial charge < -0.3 is 19.3 Å². The number of piperidine rings is 1. The van der Waals surface area contributed by atoms with Gasteiger partial charge in [0, 0.05) is 31.5 Å². The third-order valence-electron chi connectivity index (χ3n) is 3.59. The number of hydrogen-bond acceptors (Lipinski definition) is 5. The van der Waals surface area contributed by atoms with Crippen molar-refractivity contribution in [3.8, 4) is 0 Å². The smallest absolute Gasteiger partial charge is 0.293 e. The number of nitrogens with zero attached hydrogens (tertiary/aromatic N) is 3. The van der Waals surface area contributed by atoms with Crippen LogP contribution in [0.15, 0.2) is 17.2 Å². The molecule has 1 N–H and O–H groups in total. The van der Waals surface area contributed by atoms with E-state index in [1.807, 2.05) is 18.7 Å². The highest BCUT2D eigenvalue weighted by molar-refractivity contribution is 5.36. The molecular weight excluding hydrogens is 258 g/mol. The minimum absolute atomic E-state index is 0.0303. The molecule has 2 heterocycles. The fourth-order valence-electron chi connectivity index (χ4n) is 2.49. The van der Waals surface area contributed by atoms with E-state index in [2.05, 4.69) is 4.98 Å². The van der Waals surface area contributed by atoms with E-state index >= 15 is 0 Å². The molecule has 112 valence electrons. The quantitative estimate of drug-likeness (QED) is 0.864. The van der Waals surface area contributed by atoms with Crippen molar-refractivity contribution in [3.05, 3.63) is 22.7 Å². The number of anilines is 1. The Kier molecular flexibility index (Phi) is 5.14. The van der Waals surface area contributed by atoms with Gasteiger partial charge in [-0.1, -0.05) is 0 Å². The molecule has 1 aromatic heterocycles. The molecule has 0 amide bonds. The monoisotopic (exact) mass is 281 g/mol. The molecular formula is C14H23N3O3. The fourth-order valence-corrected chi connectivity index (χ4v) is 2.49. The molecule has 1 saturated heterocycles. The molecule has 1 aliphatic rings. The number of rotatable bonds is 5. The molecule has 0 bridgehead atoms. The minimum atomic E-state index is -0.0303. The predicted molar refractivity (Wildman–Crippen MR) is 77.2 cm³/mol. The van der Waals surface area contributed by atoms with Gasteiger partial charge >= 0.3 is 0 Å². The van der Waals surface area contributed by atoms with Gasteiger partial charge in [0.2, 0.25) is 0 Å². The van der Waals surface area contributed by atoms with Crippen molar-refractivity contribution in [2.24, 2.45) is 0 Å². The summed E-state index contributed by atoms with van der Waals surface area (Å²) in [5.41, 5.74) is -0.0303. The van der Waals surface area contributed by atoms with Crippen LogP contribution >= 0.6 is 0 Å². The minimum Gasteiger partial charge on any atom is -0.394 e. The summed E-state index contributed by atoms with van der Waals surface area (Å²) in [6.45, 7) is 5.94. The molecule has 0 radical (unpaired) electrons. The molecule has 0 spiro atoms. The fraction of sp³-hybridized carbons (Fsp3) is 0.714. The maximum Gasteiger partial charge on any atom is 0.293 e. The van der Waals surface area contributed by atoms with Crippen molar-refractivity contribution in [2.75, 3.05) is 31.2 Å². The van der Waals surface area contributed by atoms with Crippen LogP contribution < -0.4 is 10.5 Å². The lowest BCUT2D eigenvalue weighted by atomic mass is 10.1. The molecule has 0 saturated carbocycles. The van der Waals surface area contributed by atoms with Gasteiger partial charge in [0.1, 0.15) is 0 Å². The van der Waals surface area contributed by atoms with Crippen LogP contribution in [0, 0.1) is 0 Å². The number of aliphatic hydroxyl groups excluding tert-OH is 1. The Morgan fingerprint density at radius 2 is 2.15 bits per heavy atom. The molecule has 6 heteroatoms. The Morgan fingerprint density at radius 3 is 2.75 bits per heavy atom. The summed E-state index contributed by atoms with van der Waals surface area (Å²) in [5.74, 6) is 0.529. The maximum absolute atomic E-state index is 12.4. The first-order chi connectivity index (χ1) is 9.63. The van der Waals surface area contributed by atoms with E-state index in [0.717, 1.165) is 25.9 Å². The lowest BCUT2D eigenvalue weighted by Gasteiger charge is -2.32. The van der Waals surface area contributed by atoms with Gasteiger partial charge in [-0.3, -0.25) is 4.79 Å². The summed E-state index contributed by atoms with van der Waals surface area (Å²) >= 11 is 0. The van der Waals surface area contributed by atoms with Crippen LogP contribution in [0.4, 0.5) is 5.82 Å². The van der Waals surface area contributed by atoms with Crippen molar-refractivity contribution in [1.82, 2.24) is 9.55 Å². The summed E-state index contributed by atoms with van der Waals surface area (Å²) in [7, 11) is 0. The Hall–Kier alpha value is -1.40. The van der Waals surface area contributed by atoms with Gasteiger partial charge in [0.15, 0.2) is 5.82 Å². The average Bonchev–Trinajstić information content (AvgIpc) is 2.46. The standard InChI is InChI=1S/C14H23N3O3/c1-11(2)17-8-5-15-13(14(17)19)16-6-3-12(4-7-16)20-10-9-18/h5,8,11-12,18H,3-4,6-7,9-10H2,1-2H3. The van der Waals surface area contributed by atoms with E-state index in [9.17, 15) is 4.79 Å². The van der Waals surface area contributed by atoms with Crippen LogP contribution in [0.5, 0.6) is 0 Å². The van der Waals surface area contributed by atoms with E-state index in [1.165, 1.54) is 0 Å². The highest BCUT2D eigenvalue weighted by Gasteiger charge is 2.22. The van der Waals surface area contributed by atoms with Crippen LogP contribution in [0.25, 0.3) is 0 Å². The van der Waals surface area contributed by atoms with Crippen molar-refractivity contribution in [1.29, 1.82) is 0 Å². The van der Waals surface area contributed by atoms with Crippen LogP contribution in [-0.2, 0) is 4.74 Å². The first-order valence-electron chi connectivity index (χ1n) is 7.18. The Labute approximate surface area is 119 Å². The summed E-state index contributed by atoms with van der Waals surface area (Å²) in [5, 5.41) is 8.76. The second-order valence-electron chi connectivity index (χ2n) is 5.34. The van der Waals surface area contributed by atoms with Crippen LogP contribution in [-0.4, -0.2) is 47.1 Å². The Morgan fingerprint density at radius 1 is 1.45 bits per heavy atom. The summed E-state index contributed by atoms with van der Waals surface area (Å²) in [6, 6.07) is 0.134. The number of ether oxygens (including phenoxy) is 1. The third kappa shape index (κ3) is 3.37. The zero-order valence-corrected chi connectivity index (χ0v) is 12.2. The molecule has 0 aliphatic carbocycles. The van der Waals surface area contributed by atoms with Crippen molar-refractivity contribution in [2.45, 2.75) is 38.8 Å². The topological polar surface area (TPSA) is 67.6 Å². The van der Waals surface area contributed by atoms with Crippen molar-refractivity contribution in [3.63, 3.8) is 0 Å². The number of hydrogen-bond donors (Lipinski definition) is 1. The van der Waals surface area contributed by atoms with E-state index in [-0.39, 0.29) is 24.3 Å². The van der Waals surface area contributed by atoms with E-state index < -0.39 is 0 Å². The molecule has 1 aromatic rings. The number of aliphatic hydroxyl groups is 1. The normalized spacial score (nSPS) is 16.9. The van der Waals surface area contributed by atoms with Gasteiger partial charge in [-0.2, -0.15) is 0 Å².